The number of carbonyl (C=O) groups is 1. The minimum absolute atomic E-state index is 0.0153. The van der Waals surface area contributed by atoms with Crippen molar-refractivity contribution in [2.75, 3.05) is 31.1 Å². The molecule has 1 amide bonds. The van der Waals surface area contributed by atoms with Gasteiger partial charge in [-0.15, -0.1) is 0 Å². The topological polar surface area (TPSA) is 27.9 Å². The van der Waals surface area contributed by atoms with Crippen molar-refractivity contribution >= 4 is 17.3 Å². The molecule has 2 aliphatic rings. The van der Waals surface area contributed by atoms with Crippen molar-refractivity contribution in [1.82, 2.24) is 4.90 Å². The van der Waals surface area contributed by atoms with Crippen molar-refractivity contribution in [2.24, 2.45) is 5.92 Å². The molecule has 0 N–H and O–H groups in total. The van der Waals surface area contributed by atoms with Crippen molar-refractivity contribution in [3.8, 4) is 0 Å². The van der Waals surface area contributed by atoms with E-state index in [4.69, 9.17) is 6.57 Å². The van der Waals surface area contributed by atoms with Crippen molar-refractivity contribution in [1.29, 1.82) is 0 Å². The molecule has 2 aromatic carbocycles. The molecule has 1 aliphatic heterocycles. The lowest BCUT2D eigenvalue weighted by atomic mass is 10.1. The SMILES string of the molecule is [C-]#[N+]c1cccc(F)c1N1CCN(C(=O)C2C[C@@H]2c2ccc(C(F)(F)F)cc2)CC1. The molecule has 30 heavy (non-hydrogen) atoms. The maximum atomic E-state index is 14.2. The summed E-state index contributed by atoms with van der Waals surface area (Å²) in [6.07, 6.45) is -3.75. The number of amides is 1. The summed E-state index contributed by atoms with van der Waals surface area (Å²) in [5.41, 5.74) is 0.568. The van der Waals surface area contributed by atoms with Gasteiger partial charge in [0, 0.05) is 32.1 Å². The van der Waals surface area contributed by atoms with Gasteiger partial charge in [0.1, 0.15) is 5.82 Å². The predicted molar refractivity (Wildman–Crippen MR) is 104 cm³/mol. The zero-order chi connectivity index (χ0) is 21.5. The fourth-order valence-corrected chi connectivity index (χ4v) is 4.05. The molecule has 2 fully saturated rings. The third-order valence-electron chi connectivity index (χ3n) is 5.77. The smallest absolute Gasteiger partial charge is 0.374 e. The van der Waals surface area contributed by atoms with Crippen LogP contribution in [-0.2, 0) is 11.0 Å². The number of piperazine rings is 1. The van der Waals surface area contributed by atoms with Gasteiger partial charge in [-0.1, -0.05) is 24.3 Å². The van der Waals surface area contributed by atoms with E-state index in [1.165, 1.54) is 24.3 Å². The Bertz CT molecular complexity index is 989. The summed E-state index contributed by atoms with van der Waals surface area (Å²) in [6.45, 7) is 8.91. The zero-order valence-corrected chi connectivity index (χ0v) is 16.0. The van der Waals surface area contributed by atoms with Crippen LogP contribution in [0.25, 0.3) is 4.85 Å². The van der Waals surface area contributed by atoms with Crippen molar-refractivity contribution in [3.05, 3.63) is 70.8 Å². The molecule has 1 saturated heterocycles. The van der Waals surface area contributed by atoms with E-state index in [2.05, 4.69) is 4.85 Å². The van der Waals surface area contributed by atoms with Crippen LogP contribution in [0, 0.1) is 18.3 Å². The summed E-state index contributed by atoms with van der Waals surface area (Å²) in [7, 11) is 0. The van der Waals surface area contributed by atoms with Crippen LogP contribution in [0.4, 0.5) is 28.9 Å². The first-order chi connectivity index (χ1) is 14.3. The average molecular weight is 417 g/mol. The lowest BCUT2D eigenvalue weighted by Crippen LogP contribution is -2.49. The molecule has 2 aromatic rings. The van der Waals surface area contributed by atoms with Crippen LogP contribution in [0.2, 0.25) is 0 Å². The normalized spacial score (nSPS) is 21.3. The minimum atomic E-state index is -4.37. The van der Waals surface area contributed by atoms with Crippen LogP contribution in [0.1, 0.15) is 23.5 Å². The van der Waals surface area contributed by atoms with Gasteiger partial charge in [-0.3, -0.25) is 4.79 Å². The Hall–Kier alpha value is -3.08. The number of halogens is 4. The highest BCUT2D eigenvalue weighted by Gasteiger charge is 2.46. The van der Waals surface area contributed by atoms with Crippen LogP contribution < -0.4 is 4.90 Å². The molecular weight excluding hydrogens is 398 g/mol. The number of alkyl halides is 3. The summed E-state index contributed by atoms with van der Waals surface area (Å²) < 4.78 is 52.3. The Labute approximate surface area is 171 Å². The molecule has 156 valence electrons. The van der Waals surface area contributed by atoms with Crippen LogP contribution in [-0.4, -0.2) is 37.0 Å². The molecular formula is C22H19F4N3O. The van der Waals surface area contributed by atoms with E-state index >= 15 is 0 Å². The van der Waals surface area contributed by atoms with Gasteiger partial charge < -0.3 is 9.80 Å². The Morgan fingerprint density at radius 1 is 1.03 bits per heavy atom. The zero-order valence-electron chi connectivity index (χ0n) is 16.0. The predicted octanol–water partition coefficient (Wildman–Crippen LogP) is 4.85. The number of nitrogens with zero attached hydrogens (tertiary/aromatic N) is 3. The summed E-state index contributed by atoms with van der Waals surface area (Å²) in [5.74, 6) is -0.745. The molecule has 0 bridgehead atoms. The lowest BCUT2D eigenvalue weighted by Gasteiger charge is -2.37. The second-order valence-electron chi connectivity index (χ2n) is 7.60. The van der Waals surface area contributed by atoms with Gasteiger partial charge in [0.05, 0.1) is 17.8 Å². The van der Waals surface area contributed by atoms with Crippen LogP contribution in [0.15, 0.2) is 42.5 Å². The highest BCUT2D eigenvalue weighted by Crippen LogP contribution is 2.49. The van der Waals surface area contributed by atoms with Crippen molar-refractivity contribution < 1.29 is 22.4 Å². The van der Waals surface area contributed by atoms with Crippen LogP contribution >= 0.6 is 0 Å². The van der Waals surface area contributed by atoms with Gasteiger partial charge in [0.15, 0.2) is 0 Å². The first kappa shape index (κ1) is 20.2. The molecule has 1 unspecified atom stereocenters. The molecule has 4 rings (SSSR count). The Morgan fingerprint density at radius 2 is 1.70 bits per heavy atom. The maximum Gasteiger partial charge on any atom is 0.416 e. The number of anilines is 1. The number of para-hydroxylation sites is 1. The van der Waals surface area contributed by atoms with Gasteiger partial charge in [-0.05, 0) is 36.1 Å². The molecule has 1 heterocycles. The Morgan fingerprint density at radius 3 is 2.30 bits per heavy atom. The van der Waals surface area contributed by atoms with E-state index in [0.29, 0.717) is 32.6 Å². The highest BCUT2D eigenvalue weighted by molar-refractivity contribution is 5.83. The van der Waals surface area contributed by atoms with Crippen LogP contribution in [0.3, 0.4) is 0 Å². The minimum Gasteiger partial charge on any atom is -0.374 e. The van der Waals surface area contributed by atoms with Gasteiger partial charge in [-0.2, -0.15) is 13.2 Å². The van der Waals surface area contributed by atoms with E-state index in [-0.39, 0.29) is 29.1 Å². The number of rotatable bonds is 3. The largest absolute Gasteiger partial charge is 0.416 e. The monoisotopic (exact) mass is 417 g/mol. The average Bonchev–Trinajstić information content (AvgIpc) is 3.53. The highest BCUT2D eigenvalue weighted by atomic mass is 19.4. The third-order valence-corrected chi connectivity index (χ3v) is 5.77. The summed E-state index contributed by atoms with van der Waals surface area (Å²) in [4.78, 5) is 19.7. The van der Waals surface area contributed by atoms with E-state index in [1.54, 1.807) is 15.9 Å². The summed E-state index contributed by atoms with van der Waals surface area (Å²) >= 11 is 0. The summed E-state index contributed by atoms with van der Waals surface area (Å²) in [5, 5.41) is 0. The Kier molecular flexibility index (Phi) is 5.14. The van der Waals surface area contributed by atoms with E-state index in [1.807, 2.05) is 0 Å². The number of hydrogen-bond donors (Lipinski definition) is 0. The second kappa shape index (κ2) is 7.63. The van der Waals surface area contributed by atoms with Crippen molar-refractivity contribution in [2.45, 2.75) is 18.5 Å². The fraction of sp³-hybridized carbons (Fsp3) is 0.364. The quantitative estimate of drug-likeness (QED) is 0.528. The number of benzene rings is 2. The molecule has 0 aromatic heterocycles. The molecule has 2 atom stereocenters. The van der Waals surface area contributed by atoms with Gasteiger partial charge in [0.25, 0.3) is 0 Å². The Balaban J connectivity index is 1.37. The third kappa shape index (κ3) is 3.84. The maximum absolute atomic E-state index is 14.2. The van der Waals surface area contributed by atoms with Crippen LogP contribution in [0.5, 0.6) is 0 Å². The summed E-state index contributed by atoms with van der Waals surface area (Å²) in [6, 6.07) is 9.39. The number of carbonyl (C=O) groups excluding carboxylic acids is 1. The molecule has 4 nitrogen and oxygen atoms in total. The van der Waals surface area contributed by atoms with Crippen molar-refractivity contribution in [3.63, 3.8) is 0 Å². The molecule has 1 aliphatic carbocycles. The first-order valence-electron chi connectivity index (χ1n) is 9.66. The molecule has 1 saturated carbocycles. The van der Waals surface area contributed by atoms with E-state index in [9.17, 15) is 22.4 Å². The first-order valence-corrected chi connectivity index (χ1v) is 9.66. The number of hydrogen-bond acceptors (Lipinski definition) is 2. The standard InChI is InChI=1S/C22H19F4N3O/c1-27-19-4-2-3-18(23)20(19)28-9-11-29(12-10-28)21(30)17-13-16(17)14-5-7-15(8-6-14)22(24,25)26/h2-8,16-17H,9-13H2/t16-,17?/m1/s1. The second-order valence-corrected chi connectivity index (χ2v) is 7.60. The van der Waals surface area contributed by atoms with E-state index in [0.717, 1.165) is 17.7 Å². The van der Waals surface area contributed by atoms with E-state index < -0.39 is 17.6 Å². The molecule has 8 heteroatoms. The molecule has 0 radical (unpaired) electrons. The van der Waals surface area contributed by atoms with Gasteiger partial charge >= 0.3 is 6.18 Å². The fourth-order valence-electron chi connectivity index (χ4n) is 4.05. The molecule has 0 spiro atoms. The lowest BCUT2D eigenvalue weighted by molar-refractivity contribution is -0.137. The van der Waals surface area contributed by atoms with Gasteiger partial charge in [-0.25, -0.2) is 9.24 Å². The van der Waals surface area contributed by atoms with Gasteiger partial charge in [0.2, 0.25) is 11.6 Å².